The number of aliphatic carboxylic acids is 1. The van der Waals surface area contributed by atoms with E-state index in [4.69, 9.17) is 0 Å². The number of aryl methyl sites for hydroxylation is 3. The first-order chi connectivity index (χ1) is 11.9. The molecule has 0 unspecified atom stereocenters. The van der Waals surface area contributed by atoms with Crippen LogP contribution in [0, 0.1) is 19.3 Å². The molecule has 0 aromatic carbocycles. The van der Waals surface area contributed by atoms with E-state index in [9.17, 15) is 14.7 Å². The van der Waals surface area contributed by atoms with Gasteiger partial charge in [-0.2, -0.15) is 5.10 Å². The molecule has 1 aromatic rings. The molecule has 1 amide bonds. The normalized spacial score (nSPS) is 22.5. The Bertz CT molecular complexity index is 649. The maximum Gasteiger partial charge on any atom is 0.326 e. The van der Waals surface area contributed by atoms with Crippen molar-refractivity contribution >= 4 is 11.9 Å². The fourth-order valence-electron chi connectivity index (χ4n) is 4.28. The van der Waals surface area contributed by atoms with Crippen molar-refractivity contribution in [1.29, 1.82) is 0 Å². The van der Waals surface area contributed by atoms with Crippen LogP contribution in [0.15, 0.2) is 6.07 Å². The Morgan fingerprint density at radius 2 is 2.08 bits per heavy atom. The molecule has 3 heterocycles. The van der Waals surface area contributed by atoms with Gasteiger partial charge < -0.3 is 15.3 Å². The molecule has 2 N–H and O–H groups in total. The minimum atomic E-state index is -0.873. The van der Waals surface area contributed by atoms with Crippen molar-refractivity contribution in [2.75, 3.05) is 19.6 Å². The molecular formula is C18H28N4O3. The lowest BCUT2D eigenvalue weighted by molar-refractivity contribution is -0.148. The number of nitrogens with one attached hydrogen (secondary N) is 1. The largest absolute Gasteiger partial charge is 0.480 e. The number of hydrogen-bond donors (Lipinski definition) is 2. The van der Waals surface area contributed by atoms with Gasteiger partial charge in [-0.15, -0.1) is 0 Å². The van der Waals surface area contributed by atoms with E-state index in [0.717, 1.165) is 37.3 Å². The van der Waals surface area contributed by atoms with Gasteiger partial charge in [0.15, 0.2) is 0 Å². The third-order valence-corrected chi connectivity index (χ3v) is 5.64. The van der Waals surface area contributed by atoms with Crippen LogP contribution in [0.25, 0.3) is 0 Å². The predicted molar refractivity (Wildman–Crippen MR) is 93.2 cm³/mol. The average Bonchev–Trinajstić information content (AvgIpc) is 3.09. The number of carboxylic acid groups (broad SMARTS) is 1. The van der Waals surface area contributed by atoms with Crippen LogP contribution < -0.4 is 5.32 Å². The van der Waals surface area contributed by atoms with E-state index in [2.05, 4.69) is 10.4 Å². The maximum atomic E-state index is 12.7. The van der Waals surface area contributed by atoms with Crippen LogP contribution in [0.2, 0.25) is 0 Å². The number of hydrogen-bond acceptors (Lipinski definition) is 4. The summed E-state index contributed by atoms with van der Waals surface area (Å²) in [5, 5.41) is 17.3. The summed E-state index contributed by atoms with van der Waals surface area (Å²) >= 11 is 0. The van der Waals surface area contributed by atoms with Crippen LogP contribution in [0.5, 0.6) is 0 Å². The number of rotatable bonds is 5. The second-order valence-corrected chi connectivity index (χ2v) is 7.58. The molecule has 0 bridgehead atoms. The summed E-state index contributed by atoms with van der Waals surface area (Å²) in [5.41, 5.74) is 2.05. The third-order valence-electron chi connectivity index (χ3n) is 5.64. The van der Waals surface area contributed by atoms with Crippen LogP contribution in [-0.4, -0.2) is 57.3 Å². The summed E-state index contributed by atoms with van der Waals surface area (Å²) in [4.78, 5) is 26.0. The van der Waals surface area contributed by atoms with Gasteiger partial charge in [-0.25, -0.2) is 4.79 Å². The van der Waals surface area contributed by atoms with E-state index in [1.807, 2.05) is 24.6 Å². The summed E-state index contributed by atoms with van der Waals surface area (Å²) in [6.07, 6.45) is 3.54. The summed E-state index contributed by atoms with van der Waals surface area (Å²) in [5.74, 6) is -0.911. The lowest BCUT2D eigenvalue weighted by Gasteiger charge is -2.33. The Kier molecular flexibility index (Phi) is 5.13. The average molecular weight is 348 g/mol. The van der Waals surface area contributed by atoms with E-state index in [1.165, 1.54) is 0 Å². The lowest BCUT2D eigenvalue weighted by Crippen LogP contribution is -2.41. The number of amides is 1. The summed E-state index contributed by atoms with van der Waals surface area (Å²) in [6, 6.07) is 1.35. The van der Waals surface area contributed by atoms with Gasteiger partial charge in [0, 0.05) is 25.2 Å². The number of likely N-dealkylation sites (tertiary alicyclic amines) is 1. The van der Waals surface area contributed by atoms with Crippen LogP contribution >= 0.6 is 0 Å². The minimum Gasteiger partial charge on any atom is -0.480 e. The van der Waals surface area contributed by atoms with Gasteiger partial charge in [-0.1, -0.05) is 0 Å². The summed E-state index contributed by atoms with van der Waals surface area (Å²) < 4.78 is 1.91. The smallest absolute Gasteiger partial charge is 0.326 e. The zero-order valence-corrected chi connectivity index (χ0v) is 15.1. The Hall–Kier alpha value is -1.89. The number of nitrogens with zero attached hydrogens (tertiary/aromatic N) is 3. The number of carboxylic acids is 1. The fourth-order valence-corrected chi connectivity index (χ4v) is 4.28. The second-order valence-electron chi connectivity index (χ2n) is 7.58. The minimum absolute atomic E-state index is 0.0142. The highest BCUT2D eigenvalue weighted by Crippen LogP contribution is 2.42. The number of aromatic nitrogens is 2. The van der Waals surface area contributed by atoms with E-state index < -0.39 is 12.0 Å². The van der Waals surface area contributed by atoms with Gasteiger partial charge in [-0.3, -0.25) is 9.48 Å². The Balaban J connectivity index is 1.59. The van der Waals surface area contributed by atoms with Crippen molar-refractivity contribution in [2.45, 2.75) is 58.5 Å². The van der Waals surface area contributed by atoms with Crippen LogP contribution in [0.4, 0.5) is 0 Å². The standard InChI is InChI=1S/C18H28N4O3/c1-13-10-14(2)22(20-13)9-3-4-16(23)21-12-18(5-7-19-8-6-18)11-15(21)17(24)25/h10,15,19H,3-9,11-12H2,1-2H3,(H,24,25)/t15-/m0/s1. The van der Waals surface area contributed by atoms with E-state index in [1.54, 1.807) is 4.90 Å². The fraction of sp³-hybridized carbons (Fsp3) is 0.722. The topological polar surface area (TPSA) is 87.5 Å². The molecule has 0 aliphatic carbocycles. The molecule has 3 rings (SSSR count). The molecule has 0 radical (unpaired) electrons. The molecule has 7 nitrogen and oxygen atoms in total. The molecule has 138 valence electrons. The van der Waals surface area contributed by atoms with E-state index >= 15 is 0 Å². The Labute approximate surface area is 148 Å². The van der Waals surface area contributed by atoms with Crippen LogP contribution in [0.1, 0.15) is 43.5 Å². The molecule has 0 saturated carbocycles. The maximum absolute atomic E-state index is 12.7. The molecule has 7 heteroatoms. The van der Waals surface area contributed by atoms with E-state index in [0.29, 0.717) is 32.4 Å². The molecule has 25 heavy (non-hydrogen) atoms. The van der Waals surface area contributed by atoms with Crippen molar-refractivity contribution in [3.05, 3.63) is 17.5 Å². The molecule has 2 saturated heterocycles. The summed E-state index contributed by atoms with van der Waals surface area (Å²) in [7, 11) is 0. The van der Waals surface area contributed by atoms with Crippen molar-refractivity contribution in [3.8, 4) is 0 Å². The van der Waals surface area contributed by atoms with Gasteiger partial charge >= 0.3 is 5.97 Å². The highest BCUT2D eigenvalue weighted by molar-refractivity contribution is 5.84. The first-order valence-electron chi connectivity index (χ1n) is 9.14. The quantitative estimate of drug-likeness (QED) is 0.838. The van der Waals surface area contributed by atoms with Crippen LogP contribution in [-0.2, 0) is 16.1 Å². The van der Waals surface area contributed by atoms with Crippen molar-refractivity contribution in [3.63, 3.8) is 0 Å². The van der Waals surface area contributed by atoms with Gasteiger partial charge in [0.2, 0.25) is 5.91 Å². The van der Waals surface area contributed by atoms with Gasteiger partial charge in [-0.05, 0) is 64.1 Å². The molecular weight excluding hydrogens is 320 g/mol. The highest BCUT2D eigenvalue weighted by atomic mass is 16.4. The first kappa shape index (κ1) is 17.9. The Morgan fingerprint density at radius 3 is 2.68 bits per heavy atom. The van der Waals surface area contributed by atoms with Gasteiger partial charge in [0.25, 0.3) is 0 Å². The highest BCUT2D eigenvalue weighted by Gasteiger charge is 2.48. The molecule has 1 spiro atoms. The second kappa shape index (κ2) is 7.15. The monoisotopic (exact) mass is 348 g/mol. The zero-order chi connectivity index (χ0) is 18.0. The third kappa shape index (κ3) is 3.86. The first-order valence-corrected chi connectivity index (χ1v) is 9.14. The predicted octanol–water partition coefficient (Wildman–Crippen LogP) is 1.34. The van der Waals surface area contributed by atoms with Crippen LogP contribution in [0.3, 0.4) is 0 Å². The molecule has 2 aliphatic rings. The number of carbonyl (C=O) groups is 2. The molecule has 2 aliphatic heterocycles. The van der Waals surface area contributed by atoms with Crippen molar-refractivity contribution in [2.24, 2.45) is 5.41 Å². The molecule has 2 fully saturated rings. The Morgan fingerprint density at radius 1 is 1.36 bits per heavy atom. The van der Waals surface area contributed by atoms with Gasteiger partial charge in [0.05, 0.1) is 5.69 Å². The number of carbonyl (C=O) groups excluding carboxylic acids is 1. The van der Waals surface area contributed by atoms with Gasteiger partial charge in [0.1, 0.15) is 6.04 Å². The molecule has 1 atom stereocenters. The van der Waals surface area contributed by atoms with Crippen molar-refractivity contribution in [1.82, 2.24) is 20.0 Å². The molecule has 1 aromatic heterocycles. The zero-order valence-electron chi connectivity index (χ0n) is 15.1. The SMILES string of the molecule is Cc1cc(C)n(CCCC(=O)N2CC3(CCNCC3)C[C@H]2C(=O)O)n1. The summed E-state index contributed by atoms with van der Waals surface area (Å²) in [6.45, 7) is 7.05. The van der Waals surface area contributed by atoms with E-state index in [-0.39, 0.29) is 11.3 Å². The van der Waals surface area contributed by atoms with Crippen molar-refractivity contribution < 1.29 is 14.7 Å². The lowest BCUT2D eigenvalue weighted by atomic mass is 9.77. The number of piperidine rings is 1.